The molecule has 0 radical (unpaired) electrons. The summed E-state index contributed by atoms with van der Waals surface area (Å²) in [5.41, 5.74) is 4.63. The Bertz CT molecular complexity index is 1290. The molecule has 0 saturated carbocycles. The molecule has 0 fully saturated rings. The highest BCUT2D eigenvalue weighted by atomic mass is 16.5. The molecule has 3 unspecified atom stereocenters. The first-order valence-electron chi connectivity index (χ1n) is 12.6. The highest BCUT2D eigenvalue weighted by Gasteiger charge is 2.49. The molecule has 7 nitrogen and oxygen atoms in total. The number of para-hydroxylation sites is 1. The first-order chi connectivity index (χ1) is 17.8. The average Bonchev–Trinajstić information content (AvgIpc) is 2.88. The molecule has 1 heterocycles. The average molecular weight is 504 g/mol. The number of carbonyl (C=O) groups excluding carboxylic acids is 3. The molecule has 1 aliphatic heterocycles. The van der Waals surface area contributed by atoms with E-state index in [4.69, 9.17) is 14.2 Å². The number of hydrogen-bond donors (Lipinski definition) is 1. The van der Waals surface area contributed by atoms with Gasteiger partial charge in [-0.15, -0.1) is 0 Å². The number of esters is 2. The Labute approximate surface area is 217 Å². The van der Waals surface area contributed by atoms with E-state index in [1.54, 1.807) is 21.0 Å². The van der Waals surface area contributed by atoms with Crippen LogP contribution in [0.5, 0.6) is 5.75 Å². The van der Waals surface area contributed by atoms with Crippen molar-refractivity contribution >= 4 is 17.7 Å². The van der Waals surface area contributed by atoms with Crippen LogP contribution >= 0.6 is 0 Å². The standard InChI is InChI=1S/C30H33NO6/c1-6-36-29(33)24-18(4)31-22-16-21(20-14-10-11-15-23(20)35-5)26(30(34)37-7-2)28(32)27(22)25(24)19-13-9-8-12-17(19)3/h8-15,21,25-26,31H,6-7,16H2,1-5H3. The van der Waals surface area contributed by atoms with Crippen molar-refractivity contribution in [1.29, 1.82) is 0 Å². The number of rotatable bonds is 7. The van der Waals surface area contributed by atoms with Crippen LogP contribution in [0, 0.1) is 12.8 Å². The van der Waals surface area contributed by atoms with Gasteiger partial charge in [0.25, 0.3) is 0 Å². The third-order valence-corrected chi connectivity index (χ3v) is 7.09. The molecule has 0 saturated heterocycles. The van der Waals surface area contributed by atoms with Crippen LogP contribution in [-0.2, 0) is 23.9 Å². The Morgan fingerprint density at radius 2 is 1.59 bits per heavy atom. The number of dihydropyridines is 1. The fourth-order valence-corrected chi connectivity index (χ4v) is 5.50. The number of ketones is 1. The van der Waals surface area contributed by atoms with E-state index in [9.17, 15) is 14.4 Å². The summed E-state index contributed by atoms with van der Waals surface area (Å²) in [4.78, 5) is 40.9. The third-order valence-electron chi connectivity index (χ3n) is 7.09. The fraction of sp³-hybridized carbons (Fsp3) is 0.367. The molecule has 194 valence electrons. The van der Waals surface area contributed by atoms with Gasteiger partial charge >= 0.3 is 11.9 Å². The lowest BCUT2D eigenvalue weighted by Crippen LogP contribution is -2.43. The van der Waals surface area contributed by atoms with Gasteiger partial charge in [-0.1, -0.05) is 42.5 Å². The van der Waals surface area contributed by atoms with Gasteiger partial charge in [0.15, 0.2) is 5.78 Å². The van der Waals surface area contributed by atoms with Crippen molar-refractivity contribution in [2.75, 3.05) is 20.3 Å². The monoisotopic (exact) mass is 503 g/mol. The van der Waals surface area contributed by atoms with Gasteiger partial charge in [-0.2, -0.15) is 0 Å². The van der Waals surface area contributed by atoms with Crippen LogP contribution in [-0.4, -0.2) is 38.0 Å². The predicted octanol–water partition coefficient (Wildman–Crippen LogP) is 4.72. The summed E-state index contributed by atoms with van der Waals surface area (Å²) in [5.74, 6) is -3.06. The van der Waals surface area contributed by atoms with Crippen molar-refractivity contribution in [1.82, 2.24) is 5.32 Å². The number of Topliss-reactive ketones (excluding diaryl/α,β-unsaturated/α-hetero) is 1. The summed E-state index contributed by atoms with van der Waals surface area (Å²) >= 11 is 0. The highest BCUT2D eigenvalue weighted by molar-refractivity contribution is 6.13. The first kappa shape index (κ1) is 26.2. The Morgan fingerprint density at radius 1 is 0.946 bits per heavy atom. The SMILES string of the molecule is CCOC(=O)C1=C(C)NC2=C(C(=O)C(C(=O)OCC)C(c3ccccc3OC)C2)C1c1ccccc1C. The number of aryl methyl sites for hydroxylation is 1. The normalized spacial score (nSPS) is 21.2. The van der Waals surface area contributed by atoms with Crippen molar-refractivity contribution in [3.05, 3.63) is 87.8 Å². The molecule has 0 spiro atoms. The highest BCUT2D eigenvalue weighted by Crippen LogP contribution is 2.49. The van der Waals surface area contributed by atoms with Gasteiger partial charge in [-0.3, -0.25) is 9.59 Å². The van der Waals surface area contributed by atoms with E-state index in [0.717, 1.165) is 16.7 Å². The van der Waals surface area contributed by atoms with Gasteiger partial charge in [0.2, 0.25) is 0 Å². The lowest BCUT2D eigenvalue weighted by atomic mass is 9.66. The van der Waals surface area contributed by atoms with Crippen molar-refractivity contribution in [2.24, 2.45) is 5.92 Å². The smallest absolute Gasteiger partial charge is 0.336 e. The molecule has 1 N–H and O–H groups in total. The number of methoxy groups -OCH3 is 1. The maximum absolute atomic E-state index is 14.4. The van der Waals surface area contributed by atoms with E-state index in [-0.39, 0.29) is 19.0 Å². The molecule has 1 aliphatic carbocycles. The lowest BCUT2D eigenvalue weighted by molar-refractivity contribution is -0.152. The molecule has 2 aliphatic rings. The number of ether oxygens (including phenoxy) is 3. The van der Waals surface area contributed by atoms with E-state index >= 15 is 0 Å². The minimum atomic E-state index is -1.08. The molecule has 3 atom stereocenters. The van der Waals surface area contributed by atoms with Crippen LogP contribution < -0.4 is 10.1 Å². The topological polar surface area (TPSA) is 90.9 Å². The maximum Gasteiger partial charge on any atom is 0.336 e. The van der Waals surface area contributed by atoms with Crippen LogP contribution in [0.1, 0.15) is 55.7 Å². The second-order valence-corrected chi connectivity index (χ2v) is 9.21. The molecular weight excluding hydrogens is 470 g/mol. The molecule has 2 aromatic rings. The summed E-state index contributed by atoms with van der Waals surface area (Å²) in [6, 6.07) is 15.1. The van der Waals surface area contributed by atoms with Gasteiger partial charge < -0.3 is 19.5 Å². The fourth-order valence-electron chi connectivity index (χ4n) is 5.50. The van der Waals surface area contributed by atoms with Crippen molar-refractivity contribution in [3.63, 3.8) is 0 Å². The lowest BCUT2D eigenvalue weighted by Gasteiger charge is -2.40. The van der Waals surface area contributed by atoms with E-state index in [0.29, 0.717) is 34.7 Å². The Hall–Kier alpha value is -3.87. The third kappa shape index (κ3) is 4.78. The summed E-state index contributed by atoms with van der Waals surface area (Å²) in [6.45, 7) is 7.59. The van der Waals surface area contributed by atoms with Crippen molar-refractivity contribution < 1.29 is 28.6 Å². The zero-order valence-electron chi connectivity index (χ0n) is 21.9. The van der Waals surface area contributed by atoms with Crippen LogP contribution in [0.2, 0.25) is 0 Å². The molecule has 2 aromatic carbocycles. The first-order valence-corrected chi connectivity index (χ1v) is 12.6. The van der Waals surface area contributed by atoms with E-state index in [1.165, 1.54) is 0 Å². The number of carbonyl (C=O) groups is 3. The maximum atomic E-state index is 14.4. The number of nitrogens with one attached hydrogen (secondary N) is 1. The van der Waals surface area contributed by atoms with E-state index in [1.807, 2.05) is 62.4 Å². The summed E-state index contributed by atoms with van der Waals surface area (Å²) < 4.78 is 16.4. The summed E-state index contributed by atoms with van der Waals surface area (Å²) in [5, 5.41) is 3.33. The predicted molar refractivity (Wildman–Crippen MR) is 139 cm³/mol. The van der Waals surface area contributed by atoms with Crippen molar-refractivity contribution in [2.45, 2.75) is 46.0 Å². The van der Waals surface area contributed by atoms with Gasteiger partial charge in [0.05, 0.1) is 25.9 Å². The molecule has 0 bridgehead atoms. The Morgan fingerprint density at radius 3 is 2.24 bits per heavy atom. The zero-order valence-corrected chi connectivity index (χ0v) is 21.9. The zero-order chi connectivity index (χ0) is 26.7. The molecule has 0 aromatic heterocycles. The van der Waals surface area contributed by atoms with E-state index in [2.05, 4.69) is 5.32 Å². The van der Waals surface area contributed by atoms with Crippen molar-refractivity contribution in [3.8, 4) is 5.75 Å². The summed E-state index contributed by atoms with van der Waals surface area (Å²) in [7, 11) is 1.57. The van der Waals surface area contributed by atoms with Crippen LogP contribution in [0.15, 0.2) is 71.1 Å². The second-order valence-electron chi connectivity index (χ2n) is 9.21. The molecule has 37 heavy (non-hydrogen) atoms. The summed E-state index contributed by atoms with van der Waals surface area (Å²) in [6.07, 6.45) is 0.376. The largest absolute Gasteiger partial charge is 0.496 e. The van der Waals surface area contributed by atoms with Crippen LogP contribution in [0.4, 0.5) is 0 Å². The molecule has 4 rings (SSSR count). The minimum Gasteiger partial charge on any atom is -0.496 e. The molecule has 7 heteroatoms. The number of hydrogen-bond acceptors (Lipinski definition) is 7. The Balaban J connectivity index is 1.94. The van der Waals surface area contributed by atoms with Crippen LogP contribution in [0.3, 0.4) is 0 Å². The molecule has 0 amide bonds. The minimum absolute atomic E-state index is 0.153. The van der Waals surface area contributed by atoms with Gasteiger partial charge in [-0.05, 0) is 56.9 Å². The molecular formula is C30H33NO6. The Kier molecular flexibility index (Phi) is 7.81. The van der Waals surface area contributed by atoms with Gasteiger partial charge in [0, 0.05) is 28.8 Å². The van der Waals surface area contributed by atoms with E-state index < -0.39 is 29.7 Å². The van der Waals surface area contributed by atoms with Gasteiger partial charge in [0.1, 0.15) is 11.7 Å². The number of allylic oxidation sites excluding steroid dienone is 3. The quantitative estimate of drug-likeness (QED) is 0.432. The van der Waals surface area contributed by atoms with Crippen LogP contribution in [0.25, 0.3) is 0 Å². The number of benzene rings is 2. The second kappa shape index (κ2) is 11.0. The van der Waals surface area contributed by atoms with Gasteiger partial charge in [-0.25, -0.2) is 4.79 Å².